The van der Waals surface area contributed by atoms with Crippen molar-refractivity contribution in [2.24, 2.45) is 0 Å². The molecule has 7 nitrogen and oxygen atoms in total. The molecule has 0 unspecified atom stereocenters. The second-order valence-corrected chi connectivity index (χ2v) is 10.6. The SMILES string of the molecule is CNC(=O)[C@@H](C)N(Cc1c(Cl)cccc1Cl)C(=O)CN(c1cc(C(F)(F)F)ccc1Cl)S(C)(=O)=O. The van der Waals surface area contributed by atoms with Gasteiger partial charge in [0.15, 0.2) is 0 Å². The number of carbonyl (C=O) groups excluding carboxylic acids is 2. The minimum atomic E-state index is -4.78. The summed E-state index contributed by atoms with van der Waals surface area (Å²) in [4.78, 5) is 26.7. The highest BCUT2D eigenvalue weighted by molar-refractivity contribution is 7.92. The molecule has 192 valence electrons. The van der Waals surface area contributed by atoms with Crippen molar-refractivity contribution in [2.75, 3.05) is 24.2 Å². The van der Waals surface area contributed by atoms with Gasteiger partial charge in [0.2, 0.25) is 21.8 Å². The van der Waals surface area contributed by atoms with Gasteiger partial charge >= 0.3 is 6.18 Å². The van der Waals surface area contributed by atoms with Crippen LogP contribution in [-0.4, -0.2) is 51.0 Å². The largest absolute Gasteiger partial charge is 0.416 e. The fourth-order valence-electron chi connectivity index (χ4n) is 3.12. The molecule has 0 spiro atoms. The number of amides is 2. The van der Waals surface area contributed by atoms with Gasteiger partial charge in [0.25, 0.3) is 0 Å². The van der Waals surface area contributed by atoms with Gasteiger partial charge in [-0.1, -0.05) is 40.9 Å². The van der Waals surface area contributed by atoms with E-state index in [0.717, 1.165) is 11.0 Å². The highest BCUT2D eigenvalue weighted by Gasteiger charge is 2.34. The second-order valence-electron chi connectivity index (χ2n) is 7.45. The number of hydrogen-bond donors (Lipinski definition) is 1. The molecule has 0 aliphatic carbocycles. The lowest BCUT2D eigenvalue weighted by Crippen LogP contribution is -2.50. The molecule has 0 aliphatic heterocycles. The lowest BCUT2D eigenvalue weighted by Gasteiger charge is -2.32. The molecule has 2 amide bonds. The summed E-state index contributed by atoms with van der Waals surface area (Å²) >= 11 is 18.4. The quantitative estimate of drug-likeness (QED) is 0.500. The molecule has 2 rings (SSSR count). The smallest absolute Gasteiger partial charge is 0.357 e. The van der Waals surface area contributed by atoms with Gasteiger partial charge in [0.05, 0.1) is 22.5 Å². The van der Waals surface area contributed by atoms with Crippen LogP contribution in [0.1, 0.15) is 18.1 Å². The molecule has 0 bridgehead atoms. The number of halogens is 6. The number of hydrogen-bond acceptors (Lipinski definition) is 4. The summed E-state index contributed by atoms with van der Waals surface area (Å²) in [6.07, 6.45) is -4.07. The van der Waals surface area contributed by atoms with Gasteiger partial charge < -0.3 is 10.2 Å². The average Bonchev–Trinajstić information content (AvgIpc) is 2.75. The summed E-state index contributed by atoms with van der Waals surface area (Å²) in [5.41, 5.74) is -1.40. The number of likely N-dealkylation sites (N-methyl/N-ethyl adjacent to an activating group) is 1. The van der Waals surface area contributed by atoms with E-state index in [2.05, 4.69) is 5.32 Å². The Kier molecular flexibility index (Phi) is 9.32. The van der Waals surface area contributed by atoms with Gasteiger partial charge in [0, 0.05) is 29.2 Å². The van der Waals surface area contributed by atoms with Crippen LogP contribution >= 0.6 is 34.8 Å². The number of carbonyl (C=O) groups is 2. The van der Waals surface area contributed by atoms with E-state index in [4.69, 9.17) is 34.8 Å². The zero-order valence-electron chi connectivity index (χ0n) is 18.7. The van der Waals surface area contributed by atoms with Crippen molar-refractivity contribution >= 4 is 62.3 Å². The first-order valence-corrected chi connectivity index (χ1v) is 12.8. The Balaban J connectivity index is 2.55. The molecule has 2 aromatic rings. The van der Waals surface area contributed by atoms with Crippen LogP contribution in [0.2, 0.25) is 15.1 Å². The highest BCUT2D eigenvalue weighted by atomic mass is 35.5. The highest BCUT2D eigenvalue weighted by Crippen LogP contribution is 2.36. The molecule has 0 fully saturated rings. The van der Waals surface area contributed by atoms with Crippen LogP contribution in [0.15, 0.2) is 36.4 Å². The summed E-state index contributed by atoms with van der Waals surface area (Å²) in [5, 5.41) is 2.45. The van der Waals surface area contributed by atoms with Gasteiger partial charge in [-0.2, -0.15) is 13.2 Å². The Morgan fingerprint density at radius 1 is 1.06 bits per heavy atom. The Labute approximate surface area is 215 Å². The van der Waals surface area contributed by atoms with Crippen LogP contribution in [0.5, 0.6) is 0 Å². The molecule has 1 atom stereocenters. The molecular formula is C21H21Cl3F3N3O4S. The average molecular weight is 575 g/mol. The number of rotatable bonds is 8. The molecular weight excluding hydrogens is 554 g/mol. The van der Waals surface area contributed by atoms with Crippen molar-refractivity contribution in [3.63, 3.8) is 0 Å². The van der Waals surface area contributed by atoms with Crippen LogP contribution in [0, 0.1) is 0 Å². The van der Waals surface area contributed by atoms with Crippen molar-refractivity contribution in [3.8, 4) is 0 Å². The minimum absolute atomic E-state index is 0.195. The van der Waals surface area contributed by atoms with Gasteiger partial charge in [-0.3, -0.25) is 13.9 Å². The molecule has 0 saturated heterocycles. The number of anilines is 1. The number of benzene rings is 2. The maximum Gasteiger partial charge on any atom is 0.416 e. The number of nitrogens with one attached hydrogen (secondary N) is 1. The monoisotopic (exact) mass is 573 g/mol. The third kappa shape index (κ3) is 7.16. The molecule has 0 saturated carbocycles. The molecule has 1 N–H and O–H groups in total. The third-order valence-corrected chi connectivity index (χ3v) is 7.18. The summed E-state index contributed by atoms with van der Waals surface area (Å²) in [7, 11) is -2.95. The Bertz CT molecular complexity index is 1210. The number of sulfonamides is 1. The molecule has 0 radical (unpaired) electrons. The number of alkyl halides is 3. The minimum Gasteiger partial charge on any atom is -0.357 e. The Morgan fingerprint density at radius 2 is 1.63 bits per heavy atom. The van der Waals surface area contributed by atoms with Crippen LogP contribution in [0.25, 0.3) is 0 Å². The number of nitrogens with zero attached hydrogens (tertiary/aromatic N) is 2. The van der Waals surface area contributed by atoms with Gasteiger partial charge in [-0.05, 0) is 37.3 Å². The van der Waals surface area contributed by atoms with E-state index in [1.54, 1.807) is 6.07 Å². The maximum absolute atomic E-state index is 13.3. The predicted molar refractivity (Wildman–Crippen MR) is 129 cm³/mol. The standard InChI is InChI=1S/C21H21Cl3F3N3O4S/c1-12(20(32)28-2)29(10-14-15(22)5-4-6-16(14)23)19(31)11-30(35(3,33)34)18-9-13(21(25,26)27)7-8-17(18)24/h4-9,12H,10-11H2,1-3H3,(H,28,32)/t12-/m1/s1. The van der Waals surface area contributed by atoms with E-state index in [0.29, 0.717) is 28.3 Å². The van der Waals surface area contributed by atoms with Crippen LogP contribution < -0.4 is 9.62 Å². The summed E-state index contributed by atoms with van der Waals surface area (Å²) in [5.74, 6) is -1.49. The van der Waals surface area contributed by atoms with E-state index in [-0.39, 0.29) is 21.6 Å². The normalized spacial score (nSPS) is 12.7. The Morgan fingerprint density at radius 3 is 2.11 bits per heavy atom. The lowest BCUT2D eigenvalue weighted by molar-refractivity contribution is -0.139. The zero-order chi connectivity index (χ0) is 26.7. The van der Waals surface area contributed by atoms with Crippen molar-refractivity contribution in [1.29, 1.82) is 0 Å². The van der Waals surface area contributed by atoms with Gasteiger partial charge in [0.1, 0.15) is 12.6 Å². The van der Waals surface area contributed by atoms with Crippen molar-refractivity contribution in [2.45, 2.75) is 25.7 Å². The first kappa shape index (κ1) is 29.0. The molecule has 35 heavy (non-hydrogen) atoms. The maximum atomic E-state index is 13.3. The molecule has 14 heteroatoms. The lowest BCUT2D eigenvalue weighted by atomic mass is 10.1. The van der Waals surface area contributed by atoms with E-state index in [1.807, 2.05) is 0 Å². The van der Waals surface area contributed by atoms with Crippen LogP contribution in [-0.2, 0) is 32.3 Å². The van der Waals surface area contributed by atoms with Gasteiger partial charge in [-0.15, -0.1) is 0 Å². The molecule has 0 aliphatic rings. The third-order valence-electron chi connectivity index (χ3n) is 5.03. The molecule has 0 aromatic heterocycles. The van der Waals surface area contributed by atoms with E-state index in [1.165, 1.54) is 26.1 Å². The second kappa shape index (κ2) is 11.2. The topological polar surface area (TPSA) is 86.8 Å². The fourth-order valence-corrected chi connectivity index (χ4v) is 4.76. The molecule has 0 heterocycles. The predicted octanol–water partition coefficient (Wildman–Crippen LogP) is 4.59. The van der Waals surface area contributed by atoms with E-state index >= 15 is 0 Å². The van der Waals surface area contributed by atoms with Gasteiger partial charge in [-0.25, -0.2) is 8.42 Å². The van der Waals surface area contributed by atoms with E-state index in [9.17, 15) is 31.2 Å². The summed E-state index contributed by atoms with van der Waals surface area (Å²) < 4.78 is 65.2. The first-order valence-electron chi connectivity index (χ1n) is 9.86. The van der Waals surface area contributed by atoms with Crippen molar-refractivity contribution in [1.82, 2.24) is 10.2 Å². The Hall–Kier alpha value is -2.21. The van der Waals surface area contributed by atoms with Crippen molar-refractivity contribution < 1.29 is 31.2 Å². The summed E-state index contributed by atoms with van der Waals surface area (Å²) in [6, 6.07) is 5.60. The zero-order valence-corrected chi connectivity index (χ0v) is 21.7. The van der Waals surface area contributed by atoms with Crippen LogP contribution in [0.3, 0.4) is 0 Å². The van der Waals surface area contributed by atoms with Crippen LogP contribution in [0.4, 0.5) is 18.9 Å². The fraction of sp³-hybridized carbons (Fsp3) is 0.333. The first-order chi connectivity index (χ1) is 16.1. The van der Waals surface area contributed by atoms with Crippen molar-refractivity contribution in [3.05, 3.63) is 62.6 Å². The van der Waals surface area contributed by atoms with E-state index < -0.39 is 51.9 Å². The molecule has 2 aromatic carbocycles. The summed E-state index contributed by atoms with van der Waals surface area (Å²) in [6.45, 7) is 0.173.